The van der Waals surface area contributed by atoms with E-state index in [0.717, 1.165) is 6.42 Å². The molecule has 2 rings (SSSR count). The molecule has 0 radical (unpaired) electrons. The topological polar surface area (TPSA) is 74.3 Å². The Kier molecular flexibility index (Phi) is 2.58. The summed E-state index contributed by atoms with van der Waals surface area (Å²) in [5.74, 6) is -0.418. The molecule has 0 amide bonds. The summed E-state index contributed by atoms with van der Waals surface area (Å²) in [6.07, 6.45) is 1.49. The van der Waals surface area contributed by atoms with Gasteiger partial charge in [-0.3, -0.25) is 4.79 Å². The SMILES string of the molecule is C[C@]12CC[C@H]([C@@H](Br)C1=O)[C@]2(C)CS(=O)(=O)[O-]. The zero-order chi connectivity index (χ0) is 12.4. The molecule has 6 heteroatoms. The van der Waals surface area contributed by atoms with Crippen LogP contribution >= 0.6 is 15.9 Å². The van der Waals surface area contributed by atoms with Crippen LogP contribution in [0.2, 0.25) is 0 Å². The average Bonchev–Trinajstić information content (AvgIpc) is 2.40. The summed E-state index contributed by atoms with van der Waals surface area (Å²) in [7, 11) is -4.30. The van der Waals surface area contributed by atoms with Crippen molar-refractivity contribution < 1.29 is 17.8 Å². The number of fused-ring (bicyclic) bond motifs is 2. The van der Waals surface area contributed by atoms with E-state index in [9.17, 15) is 17.8 Å². The molecule has 0 heterocycles. The quantitative estimate of drug-likeness (QED) is 0.569. The van der Waals surface area contributed by atoms with Crippen molar-refractivity contribution in [1.29, 1.82) is 0 Å². The van der Waals surface area contributed by atoms with E-state index in [1.54, 1.807) is 13.8 Å². The van der Waals surface area contributed by atoms with E-state index < -0.39 is 26.7 Å². The summed E-state index contributed by atoms with van der Waals surface area (Å²) in [5.41, 5.74) is -1.37. The van der Waals surface area contributed by atoms with Gasteiger partial charge in [0.25, 0.3) is 0 Å². The van der Waals surface area contributed by atoms with Crippen LogP contribution in [0.15, 0.2) is 0 Å². The van der Waals surface area contributed by atoms with Gasteiger partial charge in [-0.15, -0.1) is 0 Å². The van der Waals surface area contributed by atoms with Crippen LogP contribution in [0.25, 0.3) is 0 Å². The maximum absolute atomic E-state index is 12.0. The minimum atomic E-state index is -4.30. The van der Waals surface area contributed by atoms with Crippen molar-refractivity contribution in [3.8, 4) is 0 Å². The van der Waals surface area contributed by atoms with Gasteiger partial charge in [-0.1, -0.05) is 29.8 Å². The number of Topliss-reactive ketones (excluding diaryl/α,β-unsaturated/α-hetero) is 1. The molecule has 2 saturated carbocycles. The Balaban J connectivity index is 2.47. The van der Waals surface area contributed by atoms with Crippen molar-refractivity contribution in [2.45, 2.75) is 31.5 Å². The summed E-state index contributed by atoms with van der Waals surface area (Å²) < 4.78 is 33.0. The Bertz CT molecular complexity index is 446. The van der Waals surface area contributed by atoms with E-state index in [2.05, 4.69) is 15.9 Å². The maximum Gasteiger partial charge on any atom is 0.153 e. The first-order valence-corrected chi connectivity index (χ1v) is 7.73. The van der Waals surface area contributed by atoms with E-state index in [4.69, 9.17) is 0 Å². The largest absolute Gasteiger partial charge is 0.748 e. The van der Waals surface area contributed by atoms with Crippen LogP contribution in [-0.2, 0) is 14.9 Å². The maximum atomic E-state index is 12.0. The van der Waals surface area contributed by atoms with Gasteiger partial charge < -0.3 is 4.55 Å². The van der Waals surface area contributed by atoms with Gasteiger partial charge in [0.1, 0.15) is 0 Å². The second kappa shape index (κ2) is 3.29. The highest BCUT2D eigenvalue weighted by Gasteiger charge is 2.68. The Labute approximate surface area is 104 Å². The van der Waals surface area contributed by atoms with Gasteiger partial charge in [-0.2, -0.15) is 0 Å². The normalized spacial score (nSPS) is 47.6. The van der Waals surface area contributed by atoms with Gasteiger partial charge >= 0.3 is 0 Å². The van der Waals surface area contributed by atoms with Crippen LogP contribution in [0.5, 0.6) is 0 Å². The van der Waals surface area contributed by atoms with E-state index in [-0.39, 0.29) is 16.5 Å². The number of halogens is 1. The third-order valence-electron chi connectivity index (χ3n) is 4.66. The monoisotopic (exact) mass is 309 g/mol. The Hall–Kier alpha value is 0.0600. The molecule has 92 valence electrons. The number of hydrogen-bond acceptors (Lipinski definition) is 4. The zero-order valence-corrected chi connectivity index (χ0v) is 11.6. The highest BCUT2D eigenvalue weighted by Crippen LogP contribution is 2.65. The highest BCUT2D eigenvalue weighted by atomic mass is 79.9. The van der Waals surface area contributed by atoms with Crippen LogP contribution in [0.1, 0.15) is 26.7 Å². The summed E-state index contributed by atoms with van der Waals surface area (Å²) >= 11 is 3.33. The first kappa shape index (κ1) is 12.5. The summed E-state index contributed by atoms with van der Waals surface area (Å²) in [4.78, 5) is 11.8. The molecule has 16 heavy (non-hydrogen) atoms. The molecule has 0 aliphatic heterocycles. The first-order valence-electron chi connectivity index (χ1n) is 5.24. The van der Waals surface area contributed by atoms with Crippen LogP contribution in [0.4, 0.5) is 0 Å². The molecular formula is C10H14BrO4S-. The van der Waals surface area contributed by atoms with Gasteiger partial charge in [0.15, 0.2) is 5.78 Å². The van der Waals surface area contributed by atoms with Crippen molar-refractivity contribution in [3.05, 3.63) is 0 Å². The summed E-state index contributed by atoms with van der Waals surface area (Å²) in [6.45, 7) is 3.56. The zero-order valence-electron chi connectivity index (χ0n) is 9.20. The fourth-order valence-electron chi connectivity index (χ4n) is 3.45. The van der Waals surface area contributed by atoms with E-state index >= 15 is 0 Å². The predicted octanol–water partition coefficient (Wildman–Crippen LogP) is 1.30. The molecule has 2 aliphatic rings. The van der Waals surface area contributed by atoms with E-state index in [1.165, 1.54) is 0 Å². The molecule has 2 bridgehead atoms. The van der Waals surface area contributed by atoms with Gasteiger partial charge in [0.05, 0.1) is 14.9 Å². The van der Waals surface area contributed by atoms with Crippen LogP contribution in [-0.4, -0.2) is 29.3 Å². The number of ketones is 1. The highest BCUT2D eigenvalue weighted by molar-refractivity contribution is 9.10. The molecule has 0 aromatic rings. The molecule has 4 atom stereocenters. The lowest BCUT2D eigenvalue weighted by atomic mass is 9.70. The molecule has 2 fully saturated rings. The van der Waals surface area contributed by atoms with Crippen LogP contribution in [0.3, 0.4) is 0 Å². The minimum absolute atomic E-state index is 0.0336. The minimum Gasteiger partial charge on any atom is -0.748 e. The molecule has 0 aromatic carbocycles. The number of alkyl halides is 1. The fourth-order valence-corrected chi connectivity index (χ4v) is 6.07. The van der Waals surface area contributed by atoms with Crippen molar-refractivity contribution >= 4 is 31.8 Å². The lowest BCUT2D eigenvalue weighted by molar-refractivity contribution is -0.127. The Morgan fingerprint density at radius 1 is 1.50 bits per heavy atom. The van der Waals surface area contributed by atoms with Crippen molar-refractivity contribution in [2.75, 3.05) is 5.75 Å². The molecule has 2 aliphatic carbocycles. The van der Waals surface area contributed by atoms with E-state index in [1.807, 2.05) is 0 Å². The molecule has 0 saturated heterocycles. The number of carbonyl (C=O) groups is 1. The summed E-state index contributed by atoms with van der Waals surface area (Å²) in [5, 5.41) is 0. The second-order valence-corrected chi connectivity index (χ2v) is 7.75. The first-order chi connectivity index (χ1) is 7.12. The number of carbonyl (C=O) groups excluding carboxylic acids is 1. The second-order valence-electron chi connectivity index (χ2n) is 5.36. The molecule has 0 N–H and O–H groups in total. The van der Waals surface area contributed by atoms with Gasteiger partial charge in [0, 0.05) is 11.2 Å². The smallest absolute Gasteiger partial charge is 0.153 e. The number of hydrogen-bond donors (Lipinski definition) is 0. The average molecular weight is 310 g/mol. The molecule has 0 unspecified atom stereocenters. The van der Waals surface area contributed by atoms with Gasteiger partial charge in [-0.25, -0.2) is 8.42 Å². The Morgan fingerprint density at radius 3 is 2.44 bits per heavy atom. The van der Waals surface area contributed by atoms with Crippen molar-refractivity contribution in [1.82, 2.24) is 0 Å². The Morgan fingerprint density at radius 2 is 2.06 bits per heavy atom. The third-order valence-corrected chi connectivity index (χ3v) is 6.67. The van der Waals surface area contributed by atoms with Crippen molar-refractivity contribution in [2.24, 2.45) is 16.7 Å². The predicted molar refractivity (Wildman–Crippen MR) is 61.2 cm³/mol. The molecule has 4 nitrogen and oxygen atoms in total. The standard InChI is InChI=1S/C10H15BrO4S/c1-9-4-3-6(7(11)8(9)12)10(9,2)5-16(13,14)15/h6-7H,3-5H2,1-2H3,(H,13,14,15)/p-1/t6-,7-,9+,10+/m1/s1. The molecule has 0 spiro atoms. The van der Waals surface area contributed by atoms with Crippen LogP contribution < -0.4 is 0 Å². The summed E-state index contributed by atoms with van der Waals surface area (Å²) in [6, 6.07) is 0. The van der Waals surface area contributed by atoms with E-state index in [0.29, 0.717) is 6.42 Å². The number of rotatable bonds is 2. The fraction of sp³-hybridized carbons (Fsp3) is 0.900. The van der Waals surface area contributed by atoms with Crippen molar-refractivity contribution in [3.63, 3.8) is 0 Å². The molecule has 0 aromatic heterocycles. The van der Waals surface area contributed by atoms with Gasteiger partial charge in [0.2, 0.25) is 0 Å². The lowest BCUT2D eigenvalue weighted by Crippen LogP contribution is -2.40. The lowest BCUT2D eigenvalue weighted by Gasteiger charge is -2.37. The van der Waals surface area contributed by atoms with Crippen LogP contribution in [0, 0.1) is 16.7 Å². The third kappa shape index (κ3) is 1.42. The molecular weight excluding hydrogens is 296 g/mol. The van der Waals surface area contributed by atoms with Gasteiger partial charge in [-0.05, 0) is 24.2 Å².